The molecule has 0 radical (unpaired) electrons. The summed E-state index contributed by atoms with van der Waals surface area (Å²) in [5.74, 6) is -0.114. The molecule has 6 heteroatoms. The Bertz CT molecular complexity index is 597. The van der Waals surface area contributed by atoms with E-state index in [1.54, 1.807) is 0 Å². The molecule has 1 N–H and O–H groups in total. The van der Waals surface area contributed by atoms with Gasteiger partial charge in [0.1, 0.15) is 0 Å². The van der Waals surface area contributed by atoms with E-state index in [2.05, 4.69) is 11.9 Å². The Labute approximate surface area is 126 Å². The summed E-state index contributed by atoms with van der Waals surface area (Å²) in [6.07, 6.45) is 2.97. The SMILES string of the molecule is C=CCN(CCNC(=O)Cc1ccccc1C)S(C)(=O)=O. The van der Waals surface area contributed by atoms with Crippen LogP contribution in [-0.2, 0) is 21.2 Å². The van der Waals surface area contributed by atoms with Crippen LogP contribution in [0.5, 0.6) is 0 Å². The fourth-order valence-electron chi connectivity index (χ4n) is 1.90. The number of hydrogen-bond donors (Lipinski definition) is 1. The molecule has 21 heavy (non-hydrogen) atoms. The zero-order valence-corrected chi connectivity index (χ0v) is 13.3. The number of nitrogens with zero attached hydrogens (tertiary/aromatic N) is 1. The number of amides is 1. The molecule has 0 aliphatic carbocycles. The minimum absolute atomic E-state index is 0.114. The Morgan fingerprint density at radius 3 is 2.62 bits per heavy atom. The van der Waals surface area contributed by atoms with E-state index in [-0.39, 0.29) is 25.5 Å². The van der Waals surface area contributed by atoms with Gasteiger partial charge in [0, 0.05) is 19.6 Å². The molecular formula is C15H22N2O3S. The Balaban J connectivity index is 2.46. The van der Waals surface area contributed by atoms with Crippen LogP contribution in [0, 0.1) is 6.92 Å². The lowest BCUT2D eigenvalue weighted by Crippen LogP contribution is -2.38. The van der Waals surface area contributed by atoms with Gasteiger partial charge in [0.2, 0.25) is 15.9 Å². The molecule has 1 aromatic rings. The lowest BCUT2D eigenvalue weighted by atomic mass is 10.1. The third-order valence-corrected chi connectivity index (χ3v) is 4.37. The lowest BCUT2D eigenvalue weighted by Gasteiger charge is -2.18. The van der Waals surface area contributed by atoms with Crippen molar-refractivity contribution in [1.29, 1.82) is 0 Å². The lowest BCUT2D eigenvalue weighted by molar-refractivity contribution is -0.120. The Morgan fingerprint density at radius 1 is 1.38 bits per heavy atom. The van der Waals surface area contributed by atoms with Crippen molar-refractivity contribution >= 4 is 15.9 Å². The van der Waals surface area contributed by atoms with E-state index in [1.807, 2.05) is 31.2 Å². The topological polar surface area (TPSA) is 66.5 Å². The molecular weight excluding hydrogens is 288 g/mol. The summed E-state index contributed by atoms with van der Waals surface area (Å²) in [5.41, 5.74) is 2.04. The zero-order valence-electron chi connectivity index (χ0n) is 12.5. The van der Waals surface area contributed by atoms with Gasteiger partial charge < -0.3 is 5.32 Å². The largest absolute Gasteiger partial charge is 0.354 e. The van der Waals surface area contributed by atoms with Crippen LogP contribution in [0.15, 0.2) is 36.9 Å². The first-order chi connectivity index (χ1) is 9.84. The van der Waals surface area contributed by atoms with Gasteiger partial charge in [-0.05, 0) is 18.1 Å². The number of nitrogens with one attached hydrogen (secondary N) is 1. The first-order valence-corrected chi connectivity index (χ1v) is 8.56. The van der Waals surface area contributed by atoms with E-state index < -0.39 is 10.0 Å². The van der Waals surface area contributed by atoms with Crippen LogP contribution in [-0.4, -0.2) is 44.5 Å². The monoisotopic (exact) mass is 310 g/mol. The molecule has 0 fully saturated rings. The maximum Gasteiger partial charge on any atom is 0.224 e. The molecule has 1 amide bonds. The molecule has 0 heterocycles. The normalized spacial score (nSPS) is 11.4. The smallest absolute Gasteiger partial charge is 0.224 e. The predicted molar refractivity (Wildman–Crippen MR) is 84.5 cm³/mol. The minimum atomic E-state index is -3.28. The number of sulfonamides is 1. The summed E-state index contributed by atoms with van der Waals surface area (Å²) in [6, 6.07) is 7.69. The zero-order chi connectivity index (χ0) is 15.9. The van der Waals surface area contributed by atoms with Crippen molar-refractivity contribution in [3.63, 3.8) is 0 Å². The van der Waals surface area contributed by atoms with E-state index in [1.165, 1.54) is 10.4 Å². The molecule has 0 saturated heterocycles. The average molecular weight is 310 g/mol. The first kappa shape index (κ1) is 17.4. The highest BCUT2D eigenvalue weighted by atomic mass is 32.2. The van der Waals surface area contributed by atoms with Crippen molar-refractivity contribution in [3.05, 3.63) is 48.0 Å². The van der Waals surface area contributed by atoms with Gasteiger partial charge in [-0.2, -0.15) is 4.31 Å². The van der Waals surface area contributed by atoms with E-state index in [0.717, 1.165) is 17.4 Å². The van der Waals surface area contributed by atoms with Gasteiger partial charge in [-0.25, -0.2) is 8.42 Å². The Kier molecular flexibility index (Phi) is 6.58. The van der Waals surface area contributed by atoms with E-state index in [9.17, 15) is 13.2 Å². The molecule has 0 saturated carbocycles. The molecule has 0 unspecified atom stereocenters. The van der Waals surface area contributed by atoms with E-state index >= 15 is 0 Å². The van der Waals surface area contributed by atoms with Crippen molar-refractivity contribution in [2.75, 3.05) is 25.9 Å². The van der Waals surface area contributed by atoms with Crippen LogP contribution in [0.3, 0.4) is 0 Å². The second-order valence-electron chi connectivity index (χ2n) is 4.86. The number of hydrogen-bond acceptors (Lipinski definition) is 3. The molecule has 0 bridgehead atoms. The highest BCUT2D eigenvalue weighted by Crippen LogP contribution is 2.07. The third kappa shape index (κ3) is 6.10. The van der Waals surface area contributed by atoms with Crippen LogP contribution < -0.4 is 5.32 Å². The van der Waals surface area contributed by atoms with Gasteiger partial charge in [-0.1, -0.05) is 30.3 Å². The van der Waals surface area contributed by atoms with E-state index in [4.69, 9.17) is 0 Å². The number of aryl methyl sites for hydroxylation is 1. The molecule has 0 aliphatic rings. The fraction of sp³-hybridized carbons (Fsp3) is 0.400. The average Bonchev–Trinajstić information content (AvgIpc) is 2.39. The van der Waals surface area contributed by atoms with Crippen LogP contribution in [0.25, 0.3) is 0 Å². The summed E-state index contributed by atoms with van der Waals surface area (Å²) < 4.78 is 24.3. The Hall–Kier alpha value is -1.66. The quantitative estimate of drug-likeness (QED) is 0.731. The number of carbonyl (C=O) groups is 1. The molecule has 116 valence electrons. The number of rotatable bonds is 8. The first-order valence-electron chi connectivity index (χ1n) is 6.72. The van der Waals surface area contributed by atoms with Crippen molar-refractivity contribution < 1.29 is 13.2 Å². The molecule has 0 spiro atoms. The van der Waals surface area contributed by atoms with Crippen LogP contribution in [0.2, 0.25) is 0 Å². The molecule has 1 rings (SSSR count). The van der Waals surface area contributed by atoms with Crippen LogP contribution in [0.4, 0.5) is 0 Å². The van der Waals surface area contributed by atoms with Crippen molar-refractivity contribution in [2.45, 2.75) is 13.3 Å². The third-order valence-electron chi connectivity index (χ3n) is 3.10. The van der Waals surface area contributed by atoms with Gasteiger partial charge in [0.15, 0.2) is 0 Å². The minimum Gasteiger partial charge on any atom is -0.354 e. The van der Waals surface area contributed by atoms with Crippen molar-refractivity contribution in [3.8, 4) is 0 Å². The molecule has 0 aromatic heterocycles. The van der Waals surface area contributed by atoms with E-state index in [0.29, 0.717) is 6.42 Å². The van der Waals surface area contributed by atoms with Gasteiger partial charge in [-0.15, -0.1) is 6.58 Å². The van der Waals surface area contributed by atoms with Gasteiger partial charge in [0.05, 0.1) is 12.7 Å². The summed E-state index contributed by atoms with van der Waals surface area (Å²) >= 11 is 0. The molecule has 1 aromatic carbocycles. The summed E-state index contributed by atoms with van der Waals surface area (Å²) in [7, 11) is -3.28. The van der Waals surface area contributed by atoms with Gasteiger partial charge in [0.25, 0.3) is 0 Å². The van der Waals surface area contributed by atoms with Crippen LogP contribution in [0.1, 0.15) is 11.1 Å². The number of carbonyl (C=O) groups excluding carboxylic acids is 1. The molecule has 5 nitrogen and oxygen atoms in total. The second-order valence-corrected chi connectivity index (χ2v) is 6.85. The summed E-state index contributed by atoms with van der Waals surface area (Å²) in [6.45, 7) is 6.25. The highest BCUT2D eigenvalue weighted by molar-refractivity contribution is 7.88. The van der Waals surface area contributed by atoms with Crippen LogP contribution >= 0.6 is 0 Å². The fourth-order valence-corrected chi connectivity index (χ4v) is 2.70. The summed E-state index contributed by atoms with van der Waals surface area (Å²) in [5, 5.41) is 2.74. The molecule has 0 aliphatic heterocycles. The standard InChI is InChI=1S/C15H22N2O3S/c1-4-10-17(21(3,19)20)11-9-16-15(18)12-14-8-6-5-7-13(14)2/h4-8H,1,9-12H2,2-3H3,(H,16,18). The predicted octanol–water partition coefficient (Wildman–Crippen LogP) is 1.10. The van der Waals surface area contributed by atoms with Gasteiger partial charge in [-0.3, -0.25) is 4.79 Å². The highest BCUT2D eigenvalue weighted by Gasteiger charge is 2.14. The maximum absolute atomic E-state index is 11.9. The van der Waals surface area contributed by atoms with Crippen molar-refractivity contribution in [2.24, 2.45) is 0 Å². The molecule has 0 atom stereocenters. The number of benzene rings is 1. The Morgan fingerprint density at radius 2 is 2.05 bits per heavy atom. The van der Waals surface area contributed by atoms with Crippen molar-refractivity contribution in [1.82, 2.24) is 9.62 Å². The second kappa shape index (κ2) is 7.95. The maximum atomic E-state index is 11.9. The van der Waals surface area contributed by atoms with Gasteiger partial charge >= 0.3 is 0 Å². The summed E-state index contributed by atoms with van der Waals surface area (Å²) in [4.78, 5) is 11.9.